The molecule has 0 amide bonds. The van der Waals surface area contributed by atoms with Crippen molar-refractivity contribution in [3.05, 3.63) is 416 Å². The van der Waals surface area contributed by atoms with Gasteiger partial charge in [-0.15, -0.1) is 0 Å². The molecule has 0 radical (unpaired) electrons. The maximum atomic E-state index is 2.40. The molecule has 0 aromatic heterocycles. The van der Waals surface area contributed by atoms with Gasteiger partial charge in [-0.1, -0.05) is 255 Å². The third-order valence-corrected chi connectivity index (χ3v) is 19.6. The van der Waals surface area contributed by atoms with Crippen molar-refractivity contribution in [2.24, 2.45) is 0 Å². The number of hydrogen-bond acceptors (Lipinski definition) is 4. The fourth-order valence-corrected chi connectivity index (χ4v) is 15.1. The number of rotatable bonds is 16. The Labute approximate surface area is 568 Å². The SMILES string of the molecule is C1=CC2=C(CC1)C(c1ccc(N(c3ccccc3)c3ccc(-c4ccc(N(c5ccccc5)c5cccc6ccccc56)cc4)cc3)cc1)(c1ccc(N(c3ccccc3)c3ccc(-c4ccc(N(c5ccccc5)c5cccc6ccccc56)cc4)cc3)cc1)c1ccccc12. The maximum absolute atomic E-state index is 2.40. The van der Waals surface area contributed by atoms with Crippen LogP contribution >= 0.6 is 0 Å². The van der Waals surface area contributed by atoms with Crippen LogP contribution in [0.2, 0.25) is 0 Å². The van der Waals surface area contributed by atoms with E-state index in [0.717, 1.165) is 103 Å². The second-order valence-corrected chi connectivity index (χ2v) is 25.1. The molecule has 2 aliphatic rings. The molecule has 0 atom stereocenters. The Kier molecular flexibility index (Phi) is 15.3. The molecule has 460 valence electrons. The van der Waals surface area contributed by atoms with Crippen molar-refractivity contribution in [1.29, 1.82) is 0 Å². The highest BCUT2D eigenvalue weighted by atomic mass is 15.2. The largest absolute Gasteiger partial charge is 0.311 e. The van der Waals surface area contributed by atoms with Gasteiger partial charge in [0.15, 0.2) is 0 Å². The van der Waals surface area contributed by atoms with E-state index in [1.165, 1.54) is 54.9 Å². The lowest BCUT2D eigenvalue weighted by Crippen LogP contribution is -2.30. The van der Waals surface area contributed by atoms with Gasteiger partial charge in [0.25, 0.3) is 0 Å². The Bertz CT molecular complexity index is 5030. The lowest BCUT2D eigenvalue weighted by atomic mass is 9.65. The van der Waals surface area contributed by atoms with Gasteiger partial charge in [0, 0.05) is 67.6 Å². The topological polar surface area (TPSA) is 13.0 Å². The summed E-state index contributed by atoms with van der Waals surface area (Å²) in [5, 5.41) is 4.85. The first kappa shape index (κ1) is 58.3. The fourth-order valence-electron chi connectivity index (χ4n) is 15.1. The molecule has 4 nitrogen and oxygen atoms in total. The van der Waals surface area contributed by atoms with Crippen molar-refractivity contribution in [1.82, 2.24) is 0 Å². The molecule has 4 heteroatoms. The summed E-state index contributed by atoms with van der Waals surface area (Å²) in [7, 11) is 0. The minimum atomic E-state index is -0.530. The highest BCUT2D eigenvalue weighted by Crippen LogP contribution is 2.58. The van der Waals surface area contributed by atoms with E-state index in [0.29, 0.717) is 0 Å². The molecule has 0 aliphatic heterocycles. The van der Waals surface area contributed by atoms with Gasteiger partial charge in [-0.2, -0.15) is 0 Å². The zero-order valence-corrected chi connectivity index (χ0v) is 53.7. The van der Waals surface area contributed by atoms with Gasteiger partial charge in [-0.05, 0) is 213 Å². The third-order valence-electron chi connectivity index (χ3n) is 19.6. The molecule has 0 saturated heterocycles. The predicted molar refractivity (Wildman–Crippen MR) is 409 cm³/mol. The highest BCUT2D eigenvalue weighted by molar-refractivity contribution is 6.01. The first-order chi connectivity index (χ1) is 48.1. The van der Waals surface area contributed by atoms with Gasteiger partial charge in [-0.3, -0.25) is 0 Å². The molecule has 0 saturated carbocycles. The molecule has 15 aromatic rings. The van der Waals surface area contributed by atoms with Gasteiger partial charge in [0.05, 0.1) is 16.8 Å². The monoisotopic (exact) mass is 1240 g/mol. The summed E-state index contributed by atoms with van der Waals surface area (Å²) in [6.45, 7) is 0. The van der Waals surface area contributed by atoms with Gasteiger partial charge in [0.2, 0.25) is 0 Å². The van der Waals surface area contributed by atoms with Crippen LogP contribution in [0.4, 0.5) is 68.2 Å². The van der Waals surface area contributed by atoms with Gasteiger partial charge >= 0.3 is 0 Å². The molecule has 97 heavy (non-hydrogen) atoms. The molecule has 0 heterocycles. The summed E-state index contributed by atoms with van der Waals surface area (Å²) in [5.74, 6) is 0. The Hall–Kier alpha value is -12.5. The molecule has 0 unspecified atom stereocenters. The van der Waals surface area contributed by atoms with Crippen LogP contribution in [0.3, 0.4) is 0 Å². The van der Waals surface area contributed by atoms with Crippen LogP contribution in [0, 0.1) is 0 Å². The standard InChI is InChI=1S/C93H68N4/c1-5-27-75(28-6-1)94(79-55-43-67(44-56-79)69-47-59-83(60-48-69)96(77-31-9-3-10-32-77)91-41-21-25-71-23-13-15-35-85(71)91)81-63-51-73(52-64-81)93(89-39-19-17-37-87(89)88-38-18-20-40-90(88)93)74-53-65-82(66-54-74)95(76-29-7-2-8-30-76)80-57-45-68(46-58-80)70-49-61-84(62-50-70)97(78-33-11-4-12-34-78)92-42-22-26-72-24-14-16-36-86(72)92/h1-19,21-39,41-66H,20,40H2. The summed E-state index contributed by atoms with van der Waals surface area (Å²) < 4.78 is 0. The zero-order valence-electron chi connectivity index (χ0n) is 53.7. The van der Waals surface area contributed by atoms with Crippen molar-refractivity contribution in [2.75, 3.05) is 19.6 Å². The average Bonchev–Trinajstić information content (AvgIpc) is 1.55. The summed E-state index contributed by atoms with van der Waals surface area (Å²) in [6.07, 6.45) is 6.69. The Balaban J connectivity index is 0.688. The van der Waals surface area contributed by atoms with E-state index in [1.54, 1.807) is 0 Å². The average molecular weight is 1240 g/mol. The Morgan fingerprint density at radius 2 is 0.536 bits per heavy atom. The Morgan fingerprint density at radius 1 is 0.237 bits per heavy atom. The first-order valence-electron chi connectivity index (χ1n) is 33.6. The normalized spacial score (nSPS) is 12.9. The maximum Gasteiger partial charge on any atom is 0.0676 e. The number of para-hydroxylation sites is 4. The molecule has 17 rings (SSSR count). The molecular formula is C93H68N4. The number of anilines is 12. The molecule has 0 N–H and O–H groups in total. The number of hydrogen-bond donors (Lipinski definition) is 0. The number of nitrogens with zero attached hydrogens (tertiary/aromatic N) is 4. The van der Waals surface area contributed by atoms with Crippen LogP contribution in [0.1, 0.15) is 35.1 Å². The van der Waals surface area contributed by atoms with E-state index < -0.39 is 5.41 Å². The predicted octanol–water partition coefficient (Wildman–Crippen LogP) is 25.7. The van der Waals surface area contributed by atoms with E-state index in [1.807, 2.05) is 0 Å². The molecule has 0 bridgehead atoms. The van der Waals surface area contributed by atoms with E-state index in [-0.39, 0.29) is 0 Å². The van der Waals surface area contributed by atoms with Crippen LogP contribution in [-0.4, -0.2) is 0 Å². The third kappa shape index (κ3) is 10.7. The van der Waals surface area contributed by atoms with Crippen molar-refractivity contribution in [3.8, 4) is 22.3 Å². The minimum Gasteiger partial charge on any atom is -0.311 e. The van der Waals surface area contributed by atoms with Crippen LogP contribution in [-0.2, 0) is 5.41 Å². The Morgan fingerprint density at radius 3 is 0.928 bits per heavy atom. The number of benzene rings is 15. The second-order valence-electron chi connectivity index (χ2n) is 25.1. The molecule has 15 aromatic carbocycles. The van der Waals surface area contributed by atoms with E-state index in [9.17, 15) is 0 Å². The molecule has 0 spiro atoms. The van der Waals surface area contributed by atoms with Gasteiger partial charge < -0.3 is 19.6 Å². The first-order valence-corrected chi connectivity index (χ1v) is 33.6. The highest BCUT2D eigenvalue weighted by Gasteiger charge is 2.47. The summed E-state index contributed by atoms with van der Waals surface area (Å²) in [6, 6.07) is 137. The van der Waals surface area contributed by atoms with Crippen LogP contribution < -0.4 is 19.6 Å². The fraction of sp³-hybridized carbons (Fsp3) is 0.0323. The lowest BCUT2D eigenvalue weighted by Gasteiger charge is -2.37. The quantitative estimate of drug-likeness (QED) is 0.0956. The molecule has 2 aliphatic carbocycles. The van der Waals surface area contributed by atoms with Gasteiger partial charge in [-0.25, -0.2) is 0 Å². The second kappa shape index (κ2) is 25.4. The van der Waals surface area contributed by atoms with Crippen molar-refractivity contribution in [2.45, 2.75) is 18.3 Å². The zero-order chi connectivity index (χ0) is 64.5. The number of fused-ring (bicyclic) bond motifs is 4. The van der Waals surface area contributed by atoms with Crippen molar-refractivity contribution >= 4 is 95.4 Å². The summed E-state index contributed by atoms with van der Waals surface area (Å²) in [5.41, 5.74) is 25.3. The van der Waals surface area contributed by atoms with Crippen molar-refractivity contribution < 1.29 is 0 Å². The van der Waals surface area contributed by atoms with Gasteiger partial charge in [0.1, 0.15) is 0 Å². The van der Waals surface area contributed by atoms with Crippen LogP contribution in [0.5, 0.6) is 0 Å². The van der Waals surface area contributed by atoms with Crippen LogP contribution in [0.25, 0.3) is 49.4 Å². The van der Waals surface area contributed by atoms with E-state index >= 15 is 0 Å². The molecular weight excluding hydrogens is 1170 g/mol. The van der Waals surface area contributed by atoms with E-state index in [4.69, 9.17) is 0 Å². The van der Waals surface area contributed by atoms with E-state index in [2.05, 4.69) is 408 Å². The lowest BCUT2D eigenvalue weighted by molar-refractivity contribution is 0.696. The number of allylic oxidation sites excluding steroid dienone is 4. The summed E-state index contributed by atoms with van der Waals surface area (Å²) >= 11 is 0. The smallest absolute Gasteiger partial charge is 0.0676 e. The molecule has 0 fully saturated rings. The van der Waals surface area contributed by atoms with Crippen LogP contribution in [0.15, 0.2) is 394 Å². The van der Waals surface area contributed by atoms with Crippen molar-refractivity contribution in [3.63, 3.8) is 0 Å². The summed E-state index contributed by atoms with van der Waals surface area (Å²) in [4.78, 5) is 9.48. The minimum absolute atomic E-state index is 0.530.